The number of H-pyrrole nitrogens is 1. The third-order valence-corrected chi connectivity index (χ3v) is 2.45. The molecular weight excluding hydrogens is 192 g/mol. The second kappa shape index (κ2) is 3.80. The second-order valence-electron chi connectivity index (χ2n) is 3.36. The molecule has 14 heavy (non-hydrogen) atoms. The Labute approximate surface area is 88.2 Å². The number of hydrogen-bond acceptors (Lipinski definition) is 1. The Bertz CT molecular complexity index is 468. The first-order chi connectivity index (χ1) is 6.75. The number of aryl methyl sites for hydroxylation is 1. The Balaban J connectivity index is 2.28. The van der Waals surface area contributed by atoms with Gasteiger partial charge in [-0.3, -0.25) is 0 Å². The minimum Gasteiger partial charge on any atom is -0.335 e. The van der Waals surface area contributed by atoms with Crippen molar-refractivity contribution < 1.29 is 0 Å². The Morgan fingerprint density at radius 2 is 2.00 bits per heavy atom. The highest BCUT2D eigenvalue weighted by molar-refractivity contribution is 7.71. The van der Waals surface area contributed by atoms with Gasteiger partial charge in [0.05, 0.1) is 0 Å². The van der Waals surface area contributed by atoms with Crippen LogP contribution in [0.4, 0.5) is 0 Å². The van der Waals surface area contributed by atoms with Crippen LogP contribution in [0.5, 0.6) is 0 Å². The number of rotatable bonds is 2. The standard InChI is InChI=1S/C11H12N2S/c1-9-7-13(11(14)12-9)8-10-5-3-2-4-6-10/h2-7H,8H2,1H3,(H,12,14). The van der Waals surface area contributed by atoms with Gasteiger partial charge in [-0.05, 0) is 24.7 Å². The van der Waals surface area contributed by atoms with E-state index in [9.17, 15) is 0 Å². The largest absolute Gasteiger partial charge is 0.335 e. The Morgan fingerprint density at radius 1 is 1.29 bits per heavy atom. The van der Waals surface area contributed by atoms with Crippen LogP contribution >= 0.6 is 12.2 Å². The minimum absolute atomic E-state index is 0.784. The zero-order valence-corrected chi connectivity index (χ0v) is 8.84. The van der Waals surface area contributed by atoms with Crippen molar-refractivity contribution in [3.8, 4) is 0 Å². The molecular formula is C11H12N2S. The molecule has 0 bridgehead atoms. The van der Waals surface area contributed by atoms with Gasteiger partial charge in [0.15, 0.2) is 4.77 Å². The van der Waals surface area contributed by atoms with Crippen molar-refractivity contribution in [3.63, 3.8) is 0 Å². The first-order valence-corrected chi connectivity index (χ1v) is 4.96. The number of imidazole rings is 1. The summed E-state index contributed by atoms with van der Waals surface area (Å²) in [6.07, 6.45) is 2.04. The molecule has 0 aliphatic carbocycles. The van der Waals surface area contributed by atoms with E-state index in [1.807, 2.05) is 35.9 Å². The van der Waals surface area contributed by atoms with Crippen LogP contribution in [0, 0.1) is 11.7 Å². The first-order valence-electron chi connectivity index (χ1n) is 4.56. The molecule has 1 aromatic heterocycles. The van der Waals surface area contributed by atoms with Gasteiger partial charge in [0.25, 0.3) is 0 Å². The highest BCUT2D eigenvalue weighted by atomic mass is 32.1. The molecule has 0 aliphatic rings. The Morgan fingerprint density at radius 3 is 2.57 bits per heavy atom. The van der Waals surface area contributed by atoms with Gasteiger partial charge in [-0.1, -0.05) is 30.3 Å². The molecule has 1 aromatic carbocycles. The van der Waals surface area contributed by atoms with Gasteiger partial charge in [-0.2, -0.15) is 0 Å². The fraction of sp³-hybridized carbons (Fsp3) is 0.182. The summed E-state index contributed by atoms with van der Waals surface area (Å²) in [6.45, 7) is 2.85. The van der Waals surface area contributed by atoms with Crippen LogP contribution in [-0.4, -0.2) is 9.55 Å². The summed E-state index contributed by atoms with van der Waals surface area (Å²) in [5, 5.41) is 0. The van der Waals surface area contributed by atoms with E-state index in [1.54, 1.807) is 0 Å². The third kappa shape index (κ3) is 1.93. The molecule has 3 heteroatoms. The van der Waals surface area contributed by atoms with Crippen molar-refractivity contribution >= 4 is 12.2 Å². The number of aromatic nitrogens is 2. The lowest BCUT2D eigenvalue weighted by molar-refractivity contribution is 0.784. The molecule has 0 amide bonds. The van der Waals surface area contributed by atoms with E-state index in [4.69, 9.17) is 12.2 Å². The maximum absolute atomic E-state index is 5.18. The van der Waals surface area contributed by atoms with E-state index in [0.29, 0.717) is 0 Å². The highest BCUT2D eigenvalue weighted by Gasteiger charge is 1.97. The molecule has 72 valence electrons. The quantitative estimate of drug-likeness (QED) is 0.746. The average Bonchev–Trinajstić information content (AvgIpc) is 2.47. The van der Waals surface area contributed by atoms with Gasteiger partial charge in [-0.15, -0.1) is 0 Å². The van der Waals surface area contributed by atoms with Gasteiger partial charge in [0, 0.05) is 18.4 Å². The molecule has 0 saturated carbocycles. The van der Waals surface area contributed by atoms with E-state index in [-0.39, 0.29) is 0 Å². The summed E-state index contributed by atoms with van der Waals surface area (Å²) >= 11 is 5.18. The molecule has 2 aromatic rings. The van der Waals surface area contributed by atoms with Crippen LogP contribution in [0.3, 0.4) is 0 Å². The van der Waals surface area contributed by atoms with E-state index >= 15 is 0 Å². The summed E-state index contributed by atoms with van der Waals surface area (Å²) in [7, 11) is 0. The van der Waals surface area contributed by atoms with E-state index in [0.717, 1.165) is 17.0 Å². The topological polar surface area (TPSA) is 20.7 Å². The normalized spacial score (nSPS) is 10.4. The van der Waals surface area contributed by atoms with Crippen molar-refractivity contribution in [2.24, 2.45) is 0 Å². The van der Waals surface area contributed by atoms with Crippen LogP contribution in [-0.2, 0) is 6.54 Å². The van der Waals surface area contributed by atoms with Gasteiger partial charge in [-0.25, -0.2) is 0 Å². The van der Waals surface area contributed by atoms with E-state index in [1.165, 1.54) is 5.56 Å². The molecule has 0 radical (unpaired) electrons. The predicted octanol–water partition coefficient (Wildman–Crippen LogP) is 2.90. The lowest BCUT2D eigenvalue weighted by atomic mass is 10.2. The molecule has 2 rings (SSSR count). The predicted molar refractivity (Wildman–Crippen MR) is 59.9 cm³/mol. The Kier molecular flexibility index (Phi) is 2.50. The number of nitrogens with one attached hydrogen (secondary N) is 1. The maximum atomic E-state index is 5.18. The fourth-order valence-electron chi connectivity index (χ4n) is 1.46. The zero-order valence-electron chi connectivity index (χ0n) is 8.03. The second-order valence-corrected chi connectivity index (χ2v) is 3.74. The van der Waals surface area contributed by atoms with Gasteiger partial charge in [0.1, 0.15) is 0 Å². The van der Waals surface area contributed by atoms with Crippen molar-refractivity contribution in [2.75, 3.05) is 0 Å². The molecule has 1 heterocycles. The molecule has 0 atom stereocenters. The number of hydrogen-bond donors (Lipinski definition) is 1. The number of aromatic amines is 1. The van der Waals surface area contributed by atoms with Crippen molar-refractivity contribution in [1.29, 1.82) is 0 Å². The van der Waals surface area contributed by atoms with E-state index in [2.05, 4.69) is 17.1 Å². The lowest BCUT2D eigenvalue weighted by Crippen LogP contribution is -1.97. The first kappa shape index (κ1) is 9.21. The molecule has 0 fully saturated rings. The smallest absolute Gasteiger partial charge is 0.177 e. The summed E-state index contributed by atoms with van der Waals surface area (Å²) in [5.74, 6) is 0. The molecule has 0 unspecified atom stereocenters. The maximum Gasteiger partial charge on any atom is 0.177 e. The number of benzene rings is 1. The van der Waals surface area contributed by atoms with Crippen LogP contribution in [0.15, 0.2) is 36.5 Å². The minimum atomic E-state index is 0.784. The Hall–Kier alpha value is -1.35. The molecule has 0 saturated heterocycles. The molecule has 2 nitrogen and oxygen atoms in total. The van der Waals surface area contributed by atoms with Crippen molar-refractivity contribution in [3.05, 3.63) is 52.6 Å². The lowest BCUT2D eigenvalue weighted by Gasteiger charge is -2.01. The molecule has 0 aliphatic heterocycles. The summed E-state index contributed by atoms with van der Waals surface area (Å²) in [6, 6.07) is 10.3. The van der Waals surface area contributed by atoms with Crippen LogP contribution in [0.25, 0.3) is 0 Å². The molecule has 0 spiro atoms. The number of nitrogens with zero attached hydrogens (tertiary/aromatic N) is 1. The fourth-order valence-corrected chi connectivity index (χ4v) is 1.74. The average molecular weight is 204 g/mol. The van der Waals surface area contributed by atoms with Gasteiger partial charge in [0.2, 0.25) is 0 Å². The SMILES string of the molecule is Cc1cn(Cc2ccccc2)c(=S)[nH]1. The summed E-state index contributed by atoms with van der Waals surface area (Å²) in [5.41, 5.74) is 2.37. The van der Waals surface area contributed by atoms with Gasteiger partial charge < -0.3 is 9.55 Å². The summed E-state index contributed by atoms with van der Waals surface area (Å²) in [4.78, 5) is 3.11. The van der Waals surface area contributed by atoms with Crippen molar-refractivity contribution in [1.82, 2.24) is 9.55 Å². The highest BCUT2D eigenvalue weighted by Crippen LogP contribution is 2.04. The monoisotopic (exact) mass is 204 g/mol. The van der Waals surface area contributed by atoms with Gasteiger partial charge >= 0.3 is 0 Å². The van der Waals surface area contributed by atoms with Crippen LogP contribution in [0.1, 0.15) is 11.3 Å². The van der Waals surface area contributed by atoms with Crippen LogP contribution in [0.2, 0.25) is 0 Å². The van der Waals surface area contributed by atoms with E-state index < -0.39 is 0 Å². The zero-order chi connectivity index (χ0) is 9.97. The third-order valence-electron chi connectivity index (χ3n) is 2.11. The van der Waals surface area contributed by atoms with Crippen LogP contribution < -0.4 is 0 Å². The summed E-state index contributed by atoms with van der Waals surface area (Å²) < 4.78 is 2.83. The molecule has 1 N–H and O–H groups in total. The van der Waals surface area contributed by atoms with Crippen molar-refractivity contribution in [2.45, 2.75) is 13.5 Å².